The molecule has 0 bridgehead atoms. The van der Waals surface area contributed by atoms with E-state index in [4.69, 9.17) is 10.2 Å². The second-order valence-corrected chi connectivity index (χ2v) is 1.97. The average molecular weight is 131 g/mol. The standard InChI is InChI=1S/C6H11O3/c1-3-6(8,9)5(2)4-7/h4-5,8-9H,2-3H2,1H3. The molecule has 2 N–H and O–H groups in total. The average Bonchev–Trinajstić information content (AvgIpc) is 1.86. The van der Waals surface area contributed by atoms with Crippen LogP contribution in [0.25, 0.3) is 0 Å². The van der Waals surface area contributed by atoms with Gasteiger partial charge in [-0.2, -0.15) is 0 Å². The molecule has 0 aliphatic carbocycles. The van der Waals surface area contributed by atoms with Crippen LogP contribution in [0.15, 0.2) is 0 Å². The third-order valence-electron chi connectivity index (χ3n) is 1.28. The highest BCUT2D eigenvalue weighted by Gasteiger charge is 2.27. The summed E-state index contributed by atoms with van der Waals surface area (Å²) in [5, 5.41) is 17.7. The lowest BCUT2D eigenvalue weighted by Gasteiger charge is -2.22. The van der Waals surface area contributed by atoms with Gasteiger partial charge in [-0.05, 0) is 13.3 Å². The van der Waals surface area contributed by atoms with Crippen LogP contribution >= 0.6 is 0 Å². The minimum absolute atomic E-state index is 0.111. The number of carbonyl (C=O) groups is 1. The fourth-order valence-electron chi connectivity index (χ4n) is 0.371. The topological polar surface area (TPSA) is 57.5 Å². The summed E-state index contributed by atoms with van der Waals surface area (Å²) in [7, 11) is 0. The number of aldehydes is 1. The van der Waals surface area contributed by atoms with Crippen LogP contribution in [0.2, 0.25) is 0 Å². The van der Waals surface area contributed by atoms with Crippen molar-refractivity contribution in [2.45, 2.75) is 19.1 Å². The summed E-state index contributed by atoms with van der Waals surface area (Å²) >= 11 is 0. The predicted molar refractivity (Wildman–Crippen MR) is 32.4 cm³/mol. The van der Waals surface area contributed by atoms with Crippen LogP contribution in [0.3, 0.4) is 0 Å². The first-order valence-corrected chi connectivity index (χ1v) is 2.77. The Hall–Kier alpha value is -0.410. The number of hydrogen-bond donors (Lipinski definition) is 2. The molecular weight excluding hydrogens is 120 g/mol. The molecule has 53 valence electrons. The molecule has 0 fully saturated rings. The monoisotopic (exact) mass is 131 g/mol. The molecule has 3 nitrogen and oxygen atoms in total. The van der Waals surface area contributed by atoms with Gasteiger partial charge in [-0.1, -0.05) is 6.92 Å². The normalized spacial score (nSPS) is 15.1. The van der Waals surface area contributed by atoms with Gasteiger partial charge in [0.15, 0.2) is 5.79 Å². The highest BCUT2D eigenvalue weighted by atomic mass is 16.5. The molecule has 1 atom stereocenters. The lowest BCUT2D eigenvalue weighted by molar-refractivity contribution is -0.188. The van der Waals surface area contributed by atoms with Gasteiger partial charge in [0.1, 0.15) is 6.29 Å². The van der Waals surface area contributed by atoms with Crippen LogP contribution in [-0.2, 0) is 4.79 Å². The lowest BCUT2D eigenvalue weighted by atomic mass is 10.0. The third kappa shape index (κ3) is 2.11. The Balaban J connectivity index is 3.95. The Morgan fingerprint density at radius 3 is 2.33 bits per heavy atom. The molecule has 0 aromatic rings. The van der Waals surface area contributed by atoms with Gasteiger partial charge in [0, 0.05) is 0 Å². The summed E-state index contributed by atoms with van der Waals surface area (Å²) in [5.74, 6) is -2.88. The fourth-order valence-corrected chi connectivity index (χ4v) is 0.371. The van der Waals surface area contributed by atoms with Gasteiger partial charge in [0.25, 0.3) is 0 Å². The molecule has 0 aromatic carbocycles. The zero-order valence-corrected chi connectivity index (χ0v) is 5.37. The highest BCUT2D eigenvalue weighted by Crippen LogP contribution is 2.14. The smallest absolute Gasteiger partial charge is 0.171 e. The van der Waals surface area contributed by atoms with Crippen LogP contribution in [0, 0.1) is 12.8 Å². The van der Waals surface area contributed by atoms with Crippen molar-refractivity contribution in [2.24, 2.45) is 5.92 Å². The van der Waals surface area contributed by atoms with Crippen molar-refractivity contribution in [1.29, 1.82) is 0 Å². The first kappa shape index (κ1) is 8.59. The van der Waals surface area contributed by atoms with Crippen molar-refractivity contribution < 1.29 is 15.0 Å². The molecule has 1 radical (unpaired) electrons. The molecule has 0 spiro atoms. The SMILES string of the molecule is [CH2]C(C=O)C(O)(O)CC. The van der Waals surface area contributed by atoms with E-state index < -0.39 is 11.7 Å². The van der Waals surface area contributed by atoms with Crippen LogP contribution in [0.1, 0.15) is 13.3 Å². The maximum atomic E-state index is 9.93. The van der Waals surface area contributed by atoms with Gasteiger partial charge < -0.3 is 15.0 Å². The van der Waals surface area contributed by atoms with E-state index in [0.717, 1.165) is 0 Å². The number of rotatable bonds is 3. The summed E-state index contributed by atoms with van der Waals surface area (Å²) in [6, 6.07) is 0. The number of hydrogen-bond acceptors (Lipinski definition) is 3. The summed E-state index contributed by atoms with van der Waals surface area (Å²) in [5.41, 5.74) is 0. The Morgan fingerprint density at radius 1 is 1.78 bits per heavy atom. The van der Waals surface area contributed by atoms with Crippen LogP contribution < -0.4 is 0 Å². The molecule has 0 aromatic heterocycles. The van der Waals surface area contributed by atoms with Gasteiger partial charge in [0.05, 0.1) is 5.92 Å². The maximum Gasteiger partial charge on any atom is 0.171 e. The summed E-state index contributed by atoms with van der Waals surface area (Å²) < 4.78 is 0. The number of carbonyl (C=O) groups excluding carboxylic acids is 1. The zero-order valence-electron chi connectivity index (χ0n) is 5.37. The first-order valence-electron chi connectivity index (χ1n) is 2.77. The second-order valence-electron chi connectivity index (χ2n) is 1.97. The Labute approximate surface area is 54.3 Å². The quantitative estimate of drug-likeness (QED) is 0.409. The molecule has 0 aliphatic rings. The molecule has 9 heavy (non-hydrogen) atoms. The van der Waals surface area contributed by atoms with Gasteiger partial charge in [-0.15, -0.1) is 0 Å². The predicted octanol–water partition coefficient (Wildman–Crippen LogP) is -0.274. The molecular formula is C6H11O3. The van der Waals surface area contributed by atoms with Crippen LogP contribution in [-0.4, -0.2) is 22.3 Å². The van der Waals surface area contributed by atoms with Crippen molar-refractivity contribution in [3.63, 3.8) is 0 Å². The fraction of sp³-hybridized carbons (Fsp3) is 0.667. The molecule has 0 saturated heterocycles. The Morgan fingerprint density at radius 2 is 2.22 bits per heavy atom. The third-order valence-corrected chi connectivity index (χ3v) is 1.28. The number of aliphatic hydroxyl groups is 2. The summed E-state index contributed by atoms with van der Waals surface area (Å²) in [6.07, 6.45) is 0.531. The minimum atomic E-state index is -1.93. The molecule has 0 rings (SSSR count). The highest BCUT2D eigenvalue weighted by molar-refractivity contribution is 5.55. The van der Waals surface area contributed by atoms with Crippen molar-refractivity contribution in [3.8, 4) is 0 Å². The van der Waals surface area contributed by atoms with E-state index in [0.29, 0.717) is 6.29 Å². The van der Waals surface area contributed by atoms with E-state index in [1.54, 1.807) is 6.92 Å². The second kappa shape index (κ2) is 2.94. The summed E-state index contributed by atoms with van der Waals surface area (Å²) in [4.78, 5) is 9.93. The van der Waals surface area contributed by atoms with E-state index in [1.165, 1.54) is 0 Å². The summed E-state index contributed by atoms with van der Waals surface area (Å²) in [6.45, 7) is 4.80. The molecule has 0 amide bonds. The minimum Gasteiger partial charge on any atom is -0.365 e. The van der Waals surface area contributed by atoms with Crippen molar-refractivity contribution >= 4 is 6.29 Å². The van der Waals surface area contributed by atoms with Gasteiger partial charge in [0.2, 0.25) is 0 Å². The lowest BCUT2D eigenvalue weighted by Crippen LogP contribution is -2.36. The van der Waals surface area contributed by atoms with Crippen LogP contribution in [0.5, 0.6) is 0 Å². The van der Waals surface area contributed by atoms with E-state index in [9.17, 15) is 4.79 Å². The Kier molecular flexibility index (Phi) is 2.81. The Bertz CT molecular complexity index is 98.5. The molecule has 1 unspecified atom stereocenters. The van der Waals surface area contributed by atoms with E-state index in [1.807, 2.05) is 0 Å². The van der Waals surface area contributed by atoms with Gasteiger partial charge >= 0.3 is 0 Å². The maximum absolute atomic E-state index is 9.93. The molecule has 0 saturated carbocycles. The molecule has 0 aliphatic heterocycles. The van der Waals surface area contributed by atoms with Gasteiger partial charge in [-0.25, -0.2) is 0 Å². The largest absolute Gasteiger partial charge is 0.365 e. The van der Waals surface area contributed by atoms with E-state index in [2.05, 4.69) is 6.92 Å². The van der Waals surface area contributed by atoms with Crippen molar-refractivity contribution in [1.82, 2.24) is 0 Å². The first-order chi connectivity index (χ1) is 4.04. The molecule has 0 heterocycles. The van der Waals surface area contributed by atoms with E-state index in [-0.39, 0.29) is 6.42 Å². The van der Waals surface area contributed by atoms with Crippen molar-refractivity contribution in [2.75, 3.05) is 0 Å². The van der Waals surface area contributed by atoms with Crippen molar-refractivity contribution in [3.05, 3.63) is 6.92 Å². The molecule has 3 heteroatoms. The van der Waals surface area contributed by atoms with Crippen LogP contribution in [0.4, 0.5) is 0 Å². The zero-order chi connectivity index (χ0) is 7.49. The van der Waals surface area contributed by atoms with E-state index >= 15 is 0 Å². The van der Waals surface area contributed by atoms with Gasteiger partial charge in [-0.3, -0.25) is 0 Å².